The zero-order chi connectivity index (χ0) is 13.0. The molecule has 1 atom stereocenters. The van der Waals surface area contributed by atoms with E-state index < -0.39 is 0 Å². The summed E-state index contributed by atoms with van der Waals surface area (Å²) in [6.45, 7) is 6.37. The number of nitrogens with zero attached hydrogens (tertiary/aromatic N) is 1. The molecule has 1 heterocycles. The molecule has 0 bridgehead atoms. The molecule has 98 valence electrons. The summed E-state index contributed by atoms with van der Waals surface area (Å²) in [6.07, 6.45) is 3.50. The van der Waals surface area contributed by atoms with Gasteiger partial charge < -0.3 is 10.2 Å². The lowest BCUT2D eigenvalue weighted by Gasteiger charge is -2.18. The Hall–Kier alpha value is -1.51. The summed E-state index contributed by atoms with van der Waals surface area (Å²) in [5.74, 6) is 0.0253. The Bertz CT molecular complexity index is 393. The van der Waals surface area contributed by atoms with Gasteiger partial charge in [-0.15, -0.1) is 0 Å². The van der Waals surface area contributed by atoms with Crippen molar-refractivity contribution in [2.24, 2.45) is 0 Å². The molecule has 3 heteroatoms. The molecule has 0 saturated carbocycles. The van der Waals surface area contributed by atoms with Crippen LogP contribution in [0.2, 0.25) is 0 Å². The van der Waals surface area contributed by atoms with Crippen LogP contribution in [0.4, 0.5) is 5.69 Å². The fourth-order valence-electron chi connectivity index (χ4n) is 2.21. The third-order valence-corrected chi connectivity index (χ3v) is 3.59. The number of carbonyl (C=O) groups excluding carboxylic acids is 1. The van der Waals surface area contributed by atoms with Gasteiger partial charge in [-0.25, -0.2) is 0 Å². The van der Waals surface area contributed by atoms with Gasteiger partial charge in [0.1, 0.15) is 0 Å². The summed E-state index contributed by atoms with van der Waals surface area (Å²) in [5, 5.41) is 2.98. The first-order valence-electron chi connectivity index (χ1n) is 6.86. The Morgan fingerprint density at radius 3 is 2.44 bits per heavy atom. The second kappa shape index (κ2) is 5.89. The fourth-order valence-corrected chi connectivity index (χ4v) is 2.21. The first-order chi connectivity index (χ1) is 8.70. The van der Waals surface area contributed by atoms with Crippen LogP contribution in [0.1, 0.15) is 43.5 Å². The summed E-state index contributed by atoms with van der Waals surface area (Å²) < 4.78 is 0. The highest BCUT2D eigenvalue weighted by Crippen LogP contribution is 2.20. The predicted molar refractivity (Wildman–Crippen MR) is 75.1 cm³/mol. The highest BCUT2D eigenvalue weighted by atomic mass is 16.1. The molecule has 1 fully saturated rings. The Kier molecular flexibility index (Phi) is 4.24. The molecular weight excluding hydrogens is 224 g/mol. The third kappa shape index (κ3) is 3.03. The SMILES string of the molecule is CCC(C)NC(=O)c1ccc(N2CCCC2)cc1. The smallest absolute Gasteiger partial charge is 0.251 e. The molecule has 1 unspecified atom stereocenters. The van der Waals surface area contributed by atoms with Crippen molar-refractivity contribution in [3.63, 3.8) is 0 Å². The summed E-state index contributed by atoms with van der Waals surface area (Å²) >= 11 is 0. The van der Waals surface area contributed by atoms with Crippen LogP contribution in [0, 0.1) is 0 Å². The Labute approximate surface area is 109 Å². The number of amides is 1. The topological polar surface area (TPSA) is 32.3 Å². The lowest BCUT2D eigenvalue weighted by Crippen LogP contribution is -2.31. The van der Waals surface area contributed by atoms with Crippen LogP contribution in [0.15, 0.2) is 24.3 Å². The molecule has 1 saturated heterocycles. The molecule has 0 spiro atoms. The molecule has 0 aromatic heterocycles. The molecule has 1 aliphatic rings. The predicted octanol–water partition coefficient (Wildman–Crippen LogP) is 2.82. The minimum Gasteiger partial charge on any atom is -0.372 e. The highest BCUT2D eigenvalue weighted by Gasteiger charge is 2.13. The molecule has 1 aromatic carbocycles. The normalized spacial score (nSPS) is 16.7. The van der Waals surface area contributed by atoms with Gasteiger partial charge in [0.05, 0.1) is 0 Å². The van der Waals surface area contributed by atoms with Crippen LogP contribution < -0.4 is 10.2 Å². The molecule has 3 nitrogen and oxygen atoms in total. The average Bonchev–Trinajstić information content (AvgIpc) is 2.92. The quantitative estimate of drug-likeness (QED) is 0.886. The lowest BCUT2D eigenvalue weighted by atomic mass is 10.1. The van der Waals surface area contributed by atoms with Crippen LogP contribution in [-0.4, -0.2) is 25.0 Å². The second-order valence-electron chi connectivity index (χ2n) is 5.02. The number of hydrogen-bond acceptors (Lipinski definition) is 2. The molecule has 2 rings (SSSR count). The van der Waals surface area contributed by atoms with E-state index in [-0.39, 0.29) is 11.9 Å². The van der Waals surface area contributed by atoms with E-state index in [0.717, 1.165) is 25.1 Å². The van der Waals surface area contributed by atoms with Crippen molar-refractivity contribution in [3.8, 4) is 0 Å². The number of anilines is 1. The maximum Gasteiger partial charge on any atom is 0.251 e. The van der Waals surface area contributed by atoms with E-state index in [0.29, 0.717) is 0 Å². The van der Waals surface area contributed by atoms with Crippen molar-refractivity contribution in [2.75, 3.05) is 18.0 Å². The fraction of sp³-hybridized carbons (Fsp3) is 0.533. The van der Waals surface area contributed by atoms with Gasteiger partial charge >= 0.3 is 0 Å². The van der Waals surface area contributed by atoms with Gasteiger partial charge in [-0.2, -0.15) is 0 Å². The summed E-state index contributed by atoms with van der Waals surface area (Å²) in [4.78, 5) is 14.3. The van der Waals surface area contributed by atoms with E-state index in [2.05, 4.69) is 29.3 Å². The van der Waals surface area contributed by atoms with Crippen molar-refractivity contribution >= 4 is 11.6 Å². The molecule has 0 radical (unpaired) electrons. The van der Waals surface area contributed by atoms with Gasteiger partial charge in [-0.1, -0.05) is 6.92 Å². The summed E-state index contributed by atoms with van der Waals surface area (Å²) in [7, 11) is 0. The van der Waals surface area contributed by atoms with Crippen molar-refractivity contribution in [2.45, 2.75) is 39.2 Å². The van der Waals surface area contributed by atoms with E-state index in [9.17, 15) is 4.79 Å². The van der Waals surface area contributed by atoms with Crippen molar-refractivity contribution in [1.82, 2.24) is 5.32 Å². The standard InChI is InChI=1S/C15H22N2O/c1-3-12(2)16-15(18)13-6-8-14(9-7-13)17-10-4-5-11-17/h6-9,12H,3-5,10-11H2,1-2H3,(H,16,18). The zero-order valence-corrected chi connectivity index (χ0v) is 11.3. The van der Waals surface area contributed by atoms with Gasteiger partial charge in [0.25, 0.3) is 5.91 Å². The Morgan fingerprint density at radius 1 is 1.28 bits per heavy atom. The maximum absolute atomic E-state index is 11.9. The van der Waals surface area contributed by atoms with Gasteiger partial charge in [0.2, 0.25) is 0 Å². The molecule has 0 aliphatic carbocycles. The van der Waals surface area contributed by atoms with E-state index in [1.54, 1.807) is 0 Å². The number of carbonyl (C=O) groups is 1. The van der Waals surface area contributed by atoms with E-state index in [4.69, 9.17) is 0 Å². The van der Waals surface area contributed by atoms with Gasteiger partial charge in [0, 0.05) is 30.4 Å². The minimum atomic E-state index is 0.0253. The maximum atomic E-state index is 11.9. The Morgan fingerprint density at radius 2 is 1.89 bits per heavy atom. The number of hydrogen-bond donors (Lipinski definition) is 1. The van der Waals surface area contributed by atoms with Crippen molar-refractivity contribution in [1.29, 1.82) is 0 Å². The first kappa shape index (κ1) is 12.9. The highest BCUT2D eigenvalue weighted by molar-refractivity contribution is 5.94. The number of rotatable bonds is 4. The van der Waals surface area contributed by atoms with Crippen molar-refractivity contribution in [3.05, 3.63) is 29.8 Å². The second-order valence-corrected chi connectivity index (χ2v) is 5.02. The third-order valence-electron chi connectivity index (χ3n) is 3.59. The van der Waals surface area contributed by atoms with Crippen LogP contribution >= 0.6 is 0 Å². The van der Waals surface area contributed by atoms with Crippen LogP contribution in [0.3, 0.4) is 0 Å². The van der Waals surface area contributed by atoms with Crippen LogP contribution in [0.5, 0.6) is 0 Å². The van der Waals surface area contributed by atoms with E-state index >= 15 is 0 Å². The van der Waals surface area contributed by atoms with Crippen molar-refractivity contribution < 1.29 is 4.79 Å². The average molecular weight is 246 g/mol. The van der Waals surface area contributed by atoms with Crippen LogP contribution in [-0.2, 0) is 0 Å². The summed E-state index contributed by atoms with van der Waals surface area (Å²) in [5.41, 5.74) is 1.98. The van der Waals surface area contributed by atoms with Crippen LogP contribution in [0.25, 0.3) is 0 Å². The lowest BCUT2D eigenvalue weighted by molar-refractivity contribution is 0.0939. The van der Waals surface area contributed by atoms with Gasteiger partial charge in [-0.3, -0.25) is 4.79 Å². The first-order valence-corrected chi connectivity index (χ1v) is 6.86. The molecule has 1 amide bonds. The van der Waals surface area contributed by atoms with Gasteiger partial charge in [0.15, 0.2) is 0 Å². The molecular formula is C15H22N2O. The van der Waals surface area contributed by atoms with Gasteiger partial charge in [-0.05, 0) is 50.5 Å². The van der Waals surface area contributed by atoms with E-state index in [1.165, 1.54) is 18.5 Å². The zero-order valence-electron chi connectivity index (χ0n) is 11.3. The molecule has 1 aliphatic heterocycles. The largest absolute Gasteiger partial charge is 0.372 e. The number of nitrogens with one attached hydrogen (secondary N) is 1. The molecule has 1 aromatic rings. The minimum absolute atomic E-state index is 0.0253. The number of benzene rings is 1. The summed E-state index contributed by atoms with van der Waals surface area (Å²) in [6, 6.07) is 8.18. The van der Waals surface area contributed by atoms with E-state index in [1.807, 2.05) is 19.1 Å². The Balaban J connectivity index is 2.00. The monoisotopic (exact) mass is 246 g/mol. The molecule has 1 N–H and O–H groups in total. The molecule has 18 heavy (non-hydrogen) atoms.